The molecule has 0 saturated carbocycles. The summed E-state index contributed by atoms with van der Waals surface area (Å²) in [4.78, 5) is 33.0. The Balaban J connectivity index is 1.38. The average Bonchev–Trinajstić information content (AvgIpc) is 2.76. The molecule has 0 spiro atoms. The number of ether oxygens (including phenoxy) is 1. The Kier molecular flexibility index (Phi) is 5.41. The van der Waals surface area contributed by atoms with E-state index in [0.717, 1.165) is 29.9 Å². The van der Waals surface area contributed by atoms with Crippen molar-refractivity contribution in [1.82, 2.24) is 14.9 Å². The Hall–Kier alpha value is -3.42. The molecule has 8 nitrogen and oxygen atoms in total. The van der Waals surface area contributed by atoms with Gasteiger partial charge in [0.25, 0.3) is 5.91 Å². The molecule has 0 unspecified atom stereocenters. The quantitative estimate of drug-likeness (QED) is 0.782. The number of aryl methyl sites for hydroxylation is 1. The lowest BCUT2D eigenvalue weighted by Gasteiger charge is -2.36. The lowest BCUT2D eigenvalue weighted by Crippen LogP contribution is -2.52. The third-order valence-corrected chi connectivity index (χ3v) is 5.06. The normalized spacial score (nSPS) is 17.1. The van der Waals surface area contributed by atoms with Gasteiger partial charge in [-0.05, 0) is 31.2 Å². The topological polar surface area (TPSA) is 78.3 Å². The fourth-order valence-corrected chi connectivity index (χ4v) is 3.34. The standard InChI is InChI=1S/C21H23N5O3/c1-16-4-6-17(7-5-16)21-23-26(20(28)15-29-21)14-19(27)25-11-9-24(10-12-25)18-3-2-8-22-13-18/h2-8,13H,9-12,14-15H2,1H3. The highest BCUT2D eigenvalue weighted by Gasteiger charge is 2.28. The summed E-state index contributed by atoms with van der Waals surface area (Å²) in [6.07, 6.45) is 3.57. The van der Waals surface area contributed by atoms with Crippen LogP contribution in [-0.4, -0.2) is 71.9 Å². The lowest BCUT2D eigenvalue weighted by atomic mass is 10.1. The summed E-state index contributed by atoms with van der Waals surface area (Å²) in [6, 6.07) is 11.6. The predicted octanol–water partition coefficient (Wildman–Crippen LogP) is 1.26. The first kappa shape index (κ1) is 18.9. The summed E-state index contributed by atoms with van der Waals surface area (Å²) in [5, 5.41) is 5.49. The van der Waals surface area contributed by atoms with E-state index in [1.165, 1.54) is 5.01 Å². The molecule has 1 fully saturated rings. The molecule has 1 aromatic carbocycles. The molecule has 8 heteroatoms. The van der Waals surface area contributed by atoms with Crippen molar-refractivity contribution in [3.63, 3.8) is 0 Å². The van der Waals surface area contributed by atoms with Gasteiger partial charge >= 0.3 is 0 Å². The third kappa shape index (κ3) is 4.37. The van der Waals surface area contributed by atoms with Gasteiger partial charge < -0.3 is 14.5 Å². The van der Waals surface area contributed by atoms with Gasteiger partial charge in [-0.1, -0.05) is 17.7 Å². The first-order valence-electron chi connectivity index (χ1n) is 9.62. The van der Waals surface area contributed by atoms with Crippen molar-refractivity contribution in [3.8, 4) is 0 Å². The van der Waals surface area contributed by atoms with Crippen LogP contribution in [0, 0.1) is 6.92 Å². The zero-order valence-corrected chi connectivity index (χ0v) is 16.3. The second-order valence-corrected chi connectivity index (χ2v) is 7.09. The first-order valence-corrected chi connectivity index (χ1v) is 9.62. The molecular formula is C21H23N5O3. The summed E-state index contributed by atoms with van der Waals surface area (Å²) in [5.74, 6) is -0.0694. The van der Waals surface area contributed by atoms with E-state index in [0.29, 0.717) is 19.0 Å². The maximum absolute atomic E-state index is 12.7. The maximum Gasteiger partial charge on any atom is 0.281 e. The molecule has 29 heavy (non-hydrogen) atoms. The summed E-state index contributed by atoms with van der Waals surface area (Å²) in [6.45, 7) is 4.45. The molecule has 0 bridgehead atoms. The van der Waals surface area contributed by atoms with Crippen molar-refractivity contribution in [2.24, 2.45) is 5.10 Å². The van der Waals surface area contributed by atoms with Crippen molar-refractivity contribution in [2.75, 3.05) is 44.2 Å². The monoisotopic (exact) mass is 393 g/mol. The zero-order valence-electron chi connectivity index (χ0n) is 16.3. The van der Waals surface area contributed by atoms with Crippen molar-refractivity contribution in [1.29, 1.82) is 0 Å². The molecule has 0 atom stereocenters. The van der Waals surface area contributed by atoms with E-state index in [-0.39, 0.29) is 25.0 Å². The van der Waals surface area contributed by atoms with Gasteiger partial charge in [0.1, 0.15) is 6.54 Å². The number of nitrogens with zero attached hydrogens (tertiary/aromatic N) is 5. The Morgan fingerprint density at radius 1 is 1.10 bits per heavy atom. The molecule has 3 heterocycles. The zero-order chi connectivity index (χ0) is 20.2. The Morgan fingerprint density at radius 2 is 1.86 bits per heavy atom. The molecule has 0 aliphatic carbocycles. The van der Waals surface area contributed by atoms with Crippen molar-refractivity contribution in [2.45, 2.75) is 6.92 Å². The maximum atomic E-state index is 12.7. The Morgan fingerprint density at radius 3 is 2.55 bits per heavy atom. The summed E-state index contributed by atoms with van der Waals surface area (Å²) >= 11 is 0. The van der Waals surface area contributed by atoms with Gasteiger partial charge in [-0.3, -0.25) is 14.6 Å². The Bertz CT molecular complexity index is 906. The number of amides is 2. The van der Waals surface area contributed by atoms with Gasteiger partial charge in [-0.15, -0.1) is 5.10 Å². The van der Waals surface area contributed by atoms with Gasteiger partial charge in [0.2, 0.25) is 11.8 Å². The summed E-state index contributed by atoms with van der Waals surface area (Å²) in [7, 11) is 0. The number of benzene rings is 1. The third-order valence-electron chi connectivity index (χ3n) is 5.06. The minimum absolute atomic E-state index is 0.0789. The van der Waals surface area contributed by atoms with Crippen LogP contribution >= 0.6 is 0 Å². The molecule has 150 valence electrons. The number of anilines is 1. The highest BCUT2D eigenvalue weighted by molar-refractivity contribution is 5.98. The van der Waals surface area contributed by atoms with E-state index in [1.807, 2.05) is 49.5 Å². The fourth-order valence-electron chi connectivity index (χ4n) is 3.34. The Labute approximate surface area is 169 Å². The second-order valence-electron chi connectivity index (χ2n) is 7.09. The van der Waals surface area contributed by atoms with Gasteiger partial charge in [-0.25, -0.2) is 5.01 Å². The molecule has 2 aromatic rings. The number of hydrazone groups is 1. The number of hydrogen-bond acceptors (Lipinski definition) is 6. The number of carbonyl (C=O) groups excluding carboxylic acids is 2. The van der Waals surface area contributed by atoms with Crippen LogP contribution < -0.4 is 4.90 Å². The summed E-state index contributed by atoms with van der Waals surface area (Å²) < 4.78 is 5.46. The molecular weight excluding hydrogens is 370 g/mol. The van der Waals surface area contributed by atoms with Crippen LogP contribution in [0.4, 0.5) is 5.69 Å². The van der Waals surface area contributed by atoms with Crippen molar-refractivity contribution < 1.29 is 14.3 Å². The largest absolute Gasteiger partial charge is 0.466 e. The van der Waals surface area contributed by atoms with Gasteiger partial charge in [-0.2, -0.15) is 0 Å². The van der Waals surface area contributed by atoms with Crippen LogP contribution in [0.2, 0.25) is 0 Å². The lowest BCUT2D eigenvalue weighted by molar-refractivity contribution is -0.143. The number of pyridine rings is 1. The van der Waals surface area contributed by atoms with Crippen molar-refractivity contribution >= 4 is 23.4 Å². The van der Waals surface area contributed by atoms with E-state index in [1.54, 1.807) is 11.1 Å². The van der Waals surface area contributed by atoms with E-state index >= 15 is 0 Å². The number of aromatic nitrogens is 1. The molecule has 2 amide bonds. The SMILES string of the molecule is Cc1ccc(C2=NN(CC(=O)N3CCN(c4cccnc4)CC3)C(=O)CO2)cc1. The van der Waals surface area contributed by atoms with Crippen molar-refractivity contribution in [3.05, 3.63) is 59.9 Å². The molecule has 2 aliphatic heterocycles. The van der Waals surface area contributed by atoms with Crippen LogP contribution in [0.3, 0.4) is 0 Å². The number of carbonyl (C=O) groups is 2. The van der Waals surface area contributed by atoms with Gasteiger partial charge in [0.05, 0.1) is 11.9 Å². The van der Waals surface area contributed by atoms with Crippen LogP contribution in [0.25, 0.3) is 0 Å². The van der Waals surface area contributed by atoms with Crippen LogP contribution in [0.15, 0.2) is 53.9 Å². The smallest absolute Gasteiger partial charge is 0.281 e. The first-order chi connectivity index (χ1) is 14.1. The van der Waals surface area contributed by atoms with E-state index in [2.05, 4.69) is 15.0 Å². The van der Waals surface area contributed by atoms with Crippen LogP contribution in [0.5, 0.6) is 0 Å². The van der Waals surface area contributed by atoms with Crippen LogP contribution in [-0.2, 0) is 14.3 Å². The number of piperazine rings is 1. The number of hydrogen-bond donors (Lipinski definition) is 0. The van der Waals surface area contributed by atoms with E-state index in [4.69, 9.17) is 4.74 Å². The minimum atomic E-state index is -0.316. The predicted molar refractivity (Wildman–Crippen MR) is 108 cm³/mol. The van der Waals surface area contributed by atoms with Crippen LogP contribution in [0.1, 0.15) is 11.1 Å². The molecule has 2 aliphatic rings. The minimum Gasteiger partial charge on any atom is -0.466 e. The molecule has 0 N–H and O–H groups in total. The molecule has 0 radical (unpaired) electrons. The molecule has 1 saturated heterocycles. The molecule has 4 rings (SSSR count). The average molecular weight is 393 g/mol. The molecule has 1 aromatic heterocycles. The second kappa shape index (κ2) is 8.30. The summed E-state index contributed by atoms with van der Waals surface area (Å²) in [5.41, 5.74) is 2.96. The highest BCUT2D eigenvalue weighted by Crippen LogP contribution is 2.15. The highest BCUT2D eigenvalue weighted by atomic mass is 16.5. The number of rotatable bonds is 4. The van der Waals surface area contributed by atoms with E-state index in [9.17, 15) is 9.59 Å². The van der Waals surface area contributed by atoms with E-state index < -0.39 is 0 Å². The fraction of sp³-hybridized carbons (Fsp3) is 0.333. The van der Waals surface area contributed by atoms with Gasteiger partial charge in [0, 0.05) is 37.9 Å². The van der Waals surface area contributed by atoms with Gasteiger partial charge in [0.15, 0.2) is 6.61 Å².